The topological polar surface area (TPSA) is 15.3 Å². The third-order valence-corrected chi connectivity index (χ3v) is 4.54. The highest BCUT2D eigenvalue weighted by Gasteiger charge is 2.27. The Hall–Kier alpha value is -0.730. The number of piperidine rings is 1. The monoisotopic (exact) mass is 308 g/mol. The van der Waals surface area contributed by atoms with Gasteiger partial charge in [0.1, 0.15) is 0 Å². The molecule has 0 saturated carbocycles. The molecule has 0 atom stereocenters. The van der Waals surface area contributed by atoms with Crippen LogP contribution in [-0.4, -0.2) is 19.6 Å². The third-order valence-electron chi connectivity index (χ3n) is 4.19. The fraction of sp³-hybridized carbons (Fsp3) is 0.667. The molecule has 1 heterocycles. The third kappa shape index (κ3) is 4.62. The van der Waals surface area contributed by atoms with Crippen molar-refractivity contribution in [3.63, 3.8) is 0 Å². The minimum atomic E-state index is 0.392. The molecule has 21 heavy (non-hydrogen) atoms. The lowest BCUT2D eigenvalue weighted by Gasteiger charge is -2.40. The summed E-state index contributed by atoms with van der Waals surface area (Å²) in [6.45, 7) is 13.3. The van der Waals surface area contributed by atoms with E-state index in [1.54, 1.807) is 0 Å². The van der Waals surface area contributed by atoms with Crippen LogP contribution in [0.5, 0.6) is 0 Å². The average Bonchev–Trinajstić information content (AvgIpc) is 2.39. The van der Waals surface area contributed by atoms with Crippen LogP contribution in [0.25, 0.3) is 0 Å². The van der Waals surface area contributed by atoms with E-state index < -0.39 is 0 Å². The van der Waals surface area contributed by atoms with Gasteiger partial charge in [0.15, 0.2) is 0 Å². The van der Waals surface area contributed by atoms with Crippen molar-refractivity contribution in [2.75, 3.05) is 24.5 Å². The Kier molecular flexibility index (Phi) is 5.56. The number of rotatable bonds is 5. The maximum atomic E-state index is 6.47. The fourth-order valence-electron chi connectivity index (χ4n) is 3.13. The van der Waals surface area contributed by atoms with E-state index in [-0.39, 0.29) is 0 Å². The van der Waals surface area contributed by atoms with E-state index in [1.165, 1.54) is 24.1 Å². The lowest BCUT2D eigenvalue weighted by Crippen LogP contribution is -2.40. The lowest BCUT2D eigenvalue weighted by molar-refractivity contribution is 0.293. The first kappa shape index (κ1) is 16.6. The highest BCUT2D eigenvalue weighted by atomic mass is 35.5. The predicted octanol–water partition coefficient (Wildman–Crippen LogP) is 4.71. The summed E-state index contributed by atoms with van der Waals surface area (Å²) in [5, 5.41) is 4.41. The molecule has 2 nitrogen and oxygen atoms in total. The molecule has 1 aliphatic rings. The van der Waals surface area contributed by atoms with Gasteiger partial charge in [-0.1, -0.05) is 45.4 Å². The zero-order chi connectivity index (χ0) is 15.5. The molecular formula is C18H29ClN2. The molecule has 118 valence electrons. The number of hydrogen-bond acceptors (Lipinski definition) is 2. The largest absolute Gasteiger partial charge is 0.371 e. The Labute approximate surface area is 134 Å². The molecule has 0 radical (unpaired) electrons. The van der Waals surface area contributed by atoms with Crippen LogP contribution in [0.2, 0.25) is 5.02 Å². The van der Waals surface area contributed by atoms with Crippen molar-refractivity contribution in [2.24, 2.45) is 11.3 Å². The summed E-state index contributed by atoms with van der Waals surface area (Å²) in [5.74, 6) is 0.657. The second-order valence-electron chi connectivity index (χ2n) is 7.45. The molecule has 0 bridgehead atoms. The summed E-state index contributed by atoms with van der Waals surface area (Å²) < 4.78 is 0. The Balaban J connectivity index is 2.16. The first-order valence-corrected chi connectivity index (χ1v) is 8.50. The summed E-state index contributed by atoms with van der Waals surface area (Å²) in [7, 11) is 0. The minimum Gasteiger partial charge on any atom is -0.371 e. The van der Waals surface area contributed by atoms with Crippen molar-refractivity contribution in [2.45, 2.75) is 47.1 Å². The standard InChI is InChI=1S/C18H29ClN2/c1-14(2)11-20-12-15-16(19)7-5-8-17(15)21-10-6-9-18(3,4)13-21/h5,7-8,14,20H,6,9-13H2,1-4H3. The number of hydrogen-bond donors (Lipinski definition) is 1. The molecular weight excluding hydrogens is 280 g/mol. The molecule has 1 N–H and O–H groups in total. The summed E-state index contributed by atoms with van der Waals surface area (Å²) in [5.41, 5.74) is 2.95. The Morgan fingerprint density at radius 2 is 2.10 bits per heavy atom. The van der Waals surface area contributed by atoms with Crippen molar-refractivity contribution in [1.82, 2.24) is 5.32 Å². The van der Waals surface area contributed by atoms with E-state index in [1.807, 2.05) is 6.07 Å². The highest BCUT2D eigenvalue weighted by Crippen LogP contribution is 2.35. The van der Waals surface area contributed by atoms with Gasteiger partial charge in [0.2, 0.25) is 0 Å². The SMILES string of the molecule is CC(C)CNCc1c(Cl)cccc1N1CCCC(C)(C)C1. The van der Waals surface area contributed by atoms with E-state index in [2.05, 4.69) is 50.0 Å². The van der Waals surface area contributed by atoms with Gasteiger partial charge >= 0.3 is 0 Å². The van der Waals surface area contributed by atoms with Crippen LogP contribution >= 0.6 is 11.6 Å². The molecule has 0 spiro atoms. The van der Waals surface area contributed by atoms with Gasteiger partial charge in [-0.25, -0.2) is 0 Å². The van der Waals surface area contributed by atoms with Crippen LogP contribution in [-0.2, 0) is 6.54 Å². The van der Waals surface area contributed by atoms with Crippen LogP contribution in [0.4, 0.5) is 5.69 Å². The van der Waals surface area contributed by atoms with Gasteiger partial charge in [-0.3, -0.25) is 0 Å². The van der Waals surface area contributed by atoms with Crippen molar-refractivity contribution in [3.8, 4) is 0 Å². The van der Waals surface area contributed by atoms with E-state index in [0.717, 1.165) is 31.2 Å². The number of nitrogens with zero attached hydrogens (tertiary/aromatic N) is 1. The molecule has 0 aliphatic carbocycles. The Bertz CT molecular complexity index is 468. The van der Waals surface area contributed by atoms with E-state index in [9.17, 15) is 0 Å². The molecule has 1 aliphatic heterocycles. The molecule has 1 saturated heterocycles. The van der Waals surface area contributed by atoms with Gasteiger partial charge in [-0.2, -0.15) is 0 Å². The van der Waals surface area contributed by atoms with Crippen LogP contribution in [0, 0.1) is 11.3 Å². The minimum absolute atomic E-state index is 0.392. The smallest absolute Gasteiger partial charge is 0.0471 e. The summed E-state index contributed by atoms with van der Waals surface area (Å²) in [6.07, 6.45) is 2.57. The van der Waals surface area contributed by atoms with Gasteiger partial charge in [-0.05, 0) is 42.9 Å². The maximum Gasteiger partial charge on any atom is 0.0471 e. The molecule has 3 heteroatoms. The van der Waals surface area contributed by atoms with E-state index >= 15 is 0 Å². The maximum absolute atomic E-state index is 6.47. The van der Waals surface area contributed by atoms with Crippen LogP contribution in [0.1, 0.15) is 46.1 Å². The summed E-state index contributed by atoms with van der Waals surface area (Å²) in [4.78, 5) is 2.52. The average molecular weight is 309 g/mol. The first-order valence-electron chi connectivity index (χ1n) is 8.12. The molecule has 0 aromatic heterocycles. The number of nitrogens with one attached hydrogen (secondary N) is 1. The molecule has 2 rings (SSSR count). The Morgan fingerprint density at radius 1 is 1.33 bits per heavy atom. The van der Waals surface area contributed by atoms with E-state index in [0.29, 0.717) is 11.3 Å². The second-order valence-corrected chi connectivity index (χ2v) is 7.86. The van der Waals surface area contributed by atoms with Gasteiger partial charge in [-0.15, -0.1) is 0 Å². The number of halogens is 1. The van der Waals surface area contributed by atoms with Gasteiger partial charge in [0.25, 0.3) is 0 Å². The predicted molar refractivity (Wildman–Crippen MR) is 93.2 cm³/mol. The number of anilines is 1. The van der Waals surface area contributed by atoms with Gasteiger partial charge < -0.3 is 10.2 Å². The van der Waals surface area contributed by atoms with E-state index in [4.69, 9.17) is 11.6 Å². The molecule has 1 aromatic rings. The molecule has 0 unspecified atom stereocenters. The zero-order valence-electron chi connectivity index (χ0n) is 13.9. The van der Waals surface area contributed by atoms with Crippen molar-refractivity contribution in [3.05, 3.63) is 28.8 Å². The lowest BCUT2D eigenvalue weighted by atomic mass is 9.84. The number of benzene rings is 1. The first-order chi connectivity index (χ1) is 9.89. The van der Waals surface area contributed by atoms with Crippen molar-refractivity contribution >= 4 is 17.3 Å². The zero-order valence-corrected chi connectivity index (χ0v) is 14.6. The van der Waals surface area contributed by atoms with Crippen LogP contribution in [0.15, 0.2) is 18.2 Å². The quantitative estimate of drug-likeness (QED) is 0.847. The van der Waals surface area contributed by atoms with Gasteiger partial charge in [0, 0.05) is 35.9 Å². The second kappa shape index (κ2) is 7.02. The summed E-state index contributed by atoms with van der Waals surface area (Å²) >= 11 is 6.47. The highest BCUT2D eigenvalue weighted by molar-refractivity contribution is 6.31. The van der Waals surface area contributed by atoms with Gasteiger partial charge in [0.05, 0.1) is 0 Å². The summed E-state index contributed by atoms with van der Waals surface area (Å²) in [6, 6.07) is 6.30. The van der Waals surface area contributed by atoms with Crippen molar-refractivity contribution < 1.29 is 0 Å². The van der Waals surface area contributed by atoms with Crippen LogP contribution in [0.3, 0.4) is 0 Å². The molecule has 1 fully saturated rings. The van der Waals surface area contributed by atoms with Crippen LogP contribution < -0.4 is 10.2 Å². The molecule has 1 aromatic carbocycles. The normalized spacial score (nSPS) is 18.3. The Morgan fingerprint density at radius 3 is 2.76 bits per heavy atom. The fourth-order valence-corrected chi connectivity index (χ4v) is 3.37. The molecule has 0 amide bonds. The van der Waals surface area contributed by atoms with Crippen molar-refractivity contribution in [1.29, 1.82) is 0 Å².